The Morgan fingerprint density at radius 1 is 0.879 bits per heavy atom. The Balaban J connectivity index is 1.40. The highest BCUT2D eigenvalue weighted by Gasteiger charge is 2.50. The van der Waals surface area contributed by atoms with Crippen LogP contribution in [0.2, 0.25) is 0 Å². The molecule has 33 heavy (non-hydrogen) atoms. The number of fused-ring (bicyclic) bond motifs is 1. The molecule has 3 aromatic rings. The molecule has 5 nitrogen and oxygen atoms in total. The Labute approximate surface area is 197 Å². The first kappa shape index (κ1) is 22.4. The Kier molecular flexibility index (Phi) is 6.99. The van der Waals surface area contributed by atoms with Crippen LogP contribution in [-0.4, -0.2) is 34.6 Å². The van der Waals surface area contributed by atoms with Crippen LogP contribution in [0.5, 0.6) is 0 Å². The van der Waals surface area contributed by atoms with E-state index in [2.05, 4.69) is 0 Å². The molecule has 0 aromatic heterocycles. The normalized spacial score (nSPS) is 30.3. The lowest BCUT2D eigenvalue weighted by Gasteiger charge is -2.48. The van der Waals surface area contributed by atoms with Crippen LogP contribution in [0.1, 0.15) is 24.3 Å². The smallest absolute Gasteiger partial charge is 0.184 e. The summed E-state index contributed by atoms with van der Waals surface area (Å²) in [5.74, 6) is -0.148. The first-order valence-corrected chi connectivity index (χ1v) is 12.5. The van der Waals surface area contributed by atoms with Crippen LogP contribution >= 0.6 is 0 Å². The number of hydrogen-bond donors (Lipinski definition) is 0. The molecule has 7 atom stereocenters. The summed E-state index contributed by atoms with van der Waals surface area (Å²) < 4.78 is 38.7. The number of rotatable bonds is 6. The molecule has 2 fully saturated rings. The zero-order chi connectivity index (χ0) is 22.6. The maximum Gasteiger partial charge on any atom is 0.184 e. The van der Waals surface area contributed by atoms with Crippen molar-refractivity contribution in [3.05, 3.63) is 102 Å². The molecule has 0 spiro atoms. The van der Waals surface area contributed by atoms with Gasteiger partial charge in [-0.15, -0.1) is 0 Å². The van der Waals surface area contributed by atoms with Crippen LogP contribution in [0, 0.1) is 5.92 Å². The summed E-state index contributed by atoms with van der Waals surface area (Å²) >= 11 is 0. The van der Waals surface area contributed by atoms with E-state index >= 15 is 0 Å². The maximum atomic E-state index is 13.4. The number of benzene rings is 3. The lowest BCUT2D eigenvalue weighted by Crippen LogP contribution is -2.60. The van der Waals surface area contributed by atoms with E-state index in [1.165, 1.54) is 0 Å². The molecule has 6 heteroatoms. The van der Waals surface area contributed by atoms with E-state index < -0.39 is 22.5 Å². The van der Waals surface area contributed by atoms with Gasteiger partial charge in [-0.25, -0.2) is 0 Å². The third-order valence-electron chi connectivity index (χ3n) is 6.18. The summed E-state index contributed by atoms with van der Waals surface area (Å²) in [6.07, 6.45) is -1.47. The molecule has 2 saturated heterocycles. The van der Waals surface area contributed by atoms with Gasteiger partial charge in [0, 0.05) is 16.4 Å². The number of hydrogen-bond acceptors (Lipinski definition) is 5. The summed E-state index contributed by atoms with van der Waals surface area (Å²) in [5, 5.41) is 0. The summed E-state index contributed by atoms with van der Waals surface area (Å²) in [7, 11) is -1.34. The van der Waals surface area contributed by atoms with E-state index in [1.807, 2.05) is 97.9 Å². The second-order valence-electron chi connectivity index (χ2n) is 8.45. The van der Waals surface area contributed by atoms with Crippen molar-refractivity contribution < 1.29 is 23.2 Å². The minimum absolute atomic E-state index is 0.148. The second-order valence-corrected chi connectivity index (χ2v) is 9.98. The molecular weight excluding hydrogens is 436 g/mol. The standard InChI is InChI=1S/C27H28O5S/c1-19-24(29-17-20-11-5-2-6-12-20)25-23(18-30-26(32-25)21-13-7-3-8-14-21)31-27(19)33(28)22-15-9-4-10-16-22/h2-16,19,23-27H,17-18H2,1H3/t19?,23?,24-,25+,26?,27+,33?/m1/s1. The van der Waals surface area contributed by atoms with Crippen molar-refractivity contribution in [2.45, 2.75) is 48.5 Å². The molecule has 0 saturated carbocycles. The van der Waals surface area contributed by atoms with E-state index in [1.54, 1.807) is 0 Å². The number of ether oxygens (including phenoxy) is 4. The first-order chi connectivity index (χ1) is 16.2. The van der Waals surface area contributed by atoms with Crippen LogP contribution in [0.25, 0.3) is 0 Å². The Morgan fingerprint density at radius 2 is 1.52 bits per heavy atom. The van der Waals surface area contributed by atoms with Gasteiger partial charge in [-0.2, -0.15) is 0 Å². The van der Waals surface area contributed by atoms with Crippen LogP contribution < -0.4 is 0 Å². The maximum absolute atomic E-state index is 13.4. The minimum Gasteiger partial charge on any atom is -0.370 e. The Hall–Kier alpha value is -2.35. The molecule has 0 radical (unpaired) electrons. The van der Waals surface area contributed by atoms with E-state index in [4.69, 9.17) is 18.9 Å². The summed E-state index contributed by atoms with van der Waals surface area (Å²) in [5.41, 5.74) is 1.52. The van der Waals surface area contributed by atoms with Gasteiger partial charge in [0.05, 0.1) is 30.1 Å². The van der Waals surface area contributed by atoms with Crippen molar-refractivity contribution in [1.29, 1.82) is 0 Å². The first-order valence-electron chi connectivity index (χ1n) is 11.3. The molecule has 0 bridgehead atoms. The predicted octanol–water partition coefficient (Wildman–Crippen LogP) is 4.85. The van der Waals surface area contributed by atoms with Gasteiger partial charge in [0.25, 0.3) is 0 Å². The van der Waals surface area contributed by atoms with E-state index in [9.17, 15) is 4.21 Å². The predicted molar refractivity (Wildman–Crippen MR) is 126 cm³/mol. The third-order valence-corrected chi connectivity index (χ3v) is 7.88. The van der Waals surface area contributed by atoms with E-state index in [-0.39, 0.29) is 24.2 Å². The highest BCUT2D eigenvalue weighted by Crippen LogP contribution is 2.39. The molecular formula is C27H28O5S. The lowest BCUT2D eigenvalue weighted by atomic mass is 9.92. The summed E-state index contributed by atoms with van der Waals surface area (Å²) in [6.45, 7) is 2.84. The minimum atomic E-state index is -1.34. The molecule has 172 valence electrons. The van der Waals surface area contributed by atoms with Crippen molar-refractivity contribution in [1.82, 2.24) is 0 Å². The summed E-state index contributed by atoms with van der Waals surface area (Å²) in [4.78, 5) is 0.745. The van der Waals surface area contributed by atoms with Crippen molar-refractivity contribution in [3.63, 3.8) is 0 Å². The third kappa shape index (κ3) is 4.95. The van der Waals surface area contributed by atoms with Gasteiger partial charge in [-0.05, 0) is 17.7 Å². The molecule has 2 aliphatic rings. The molecule has 0 amide bonds. The molecule has 4 unspecified atom stereocenters. The second kappa shape index (κ2) is 10.3. The zero-order valence-electron chi connectivity index (χ0n) is 18.5. The topological polar surface area (TPSA) is 54.0 Å². The van der Waals surface area contributed by atoms with Gasteiger partial charge in [-0.1, -0.05) is 85.8 Å². The fourth-order valence-electron chi connectivity index (χ4n) is 4.44. The average Bonchev–Trinajstić information content (AvgIpc) is 2.89. The van der Waals surface area contributed by atoms with Gasteiger partial charge in [0.1, 0.15) is 17.6 Å². The highest BCUT2D eigenvalue weighted by molar-refractivity contribution is 7.85. The zero-order valence-corrected chi connectivity index (χ0v) is 19.3. The molecule has 2 heterocycles. The molecule has 3 aromatic carbocycles. The van der Waals surface area contributed by atoms with Crippen LogP contribution in [-0.2, 0) is 36.4 Å². The average molecular weight is 465 g/mol. The molecule has 5 rings (SSSR count). The van der Waals surface area contributed by atoms with Gasteiger partial charge >= 0.3 is 0 Å². The van der Waals surface area contributed by atoms with Crippen molar-refractivity contribution in [3.8, 4) is 0 Å². The highest BCUT2D eigenvalue weighted by atomic mass is 32.2. The monoisotopic (exact) mass is 464 g/mol. The van der Waals surface area contributed by atoms with Crippen LogP contribution in [0.4, 0.5) is 0 Å². The van der Waals surface area contributed by atoms with Crippen molar-refractivity contribution >= 4 is 10.8 Å². The molecule has 2 aliphatic heterocycles. The molecule has 0 aliphatic carbocycles. The fraction of sp³-hybridized carbons (Fsp3) is 0.333. The van der Waals surface area contributed by atoms with Gasteiger partial charge in [0.15, 0.2) is 6.29 Å². The van der Waals surface area contributed by atoms with Gasteiger partial charge < -0.3 is 18.9 Å². The van der Waals surface area contributed by atoms with Gasteiger partial charge in [0.2, 0.25) is 0 Å². The quantitative estimate of drug-likeness (QED) is 0.522. The van der Waals surface area contributed by atoms with Gasteiger partial charge in [-0.3, -0.25) is 4.21 Å². The summed E-state index contributed by atoms with van der Waals surface area (Å²) in [6, 6.07) is 29.4. The van der Waals surface area contributed by atoms with Crippen molar-refractivity contribution in [2.24, 2.45) is 5.92 Å². The van der Waals surface area contributed by atoms with Crippen molar-refractivity contribution in [2.75, 3.05) is 6.61 Å². The largest absolute Gasteiger partial charge is 0.370 e. The lowest BCUT2D eigenvalue weighted by molar-refractivity contribution is -0.318. The Bertz CT molecular complexity index is 1050. The SMILES string of the molecule is CC1[C@@H](OCc2ccccc2)[C@H]2OC(c3ccccc3)OCC2O[C@H]1S(=O)c1ccccc1. The molecule has 0 N–H and O–H groups in total. The van der Waals surface area contributed by atoms with Crippen LogP contribution in [0.15, 0.2) is 95.9 Å². The Morgan fingerprint density at radius 3 is 2.21 bits per heavy atom. The van der Waals surface area contributed by atoms with E-state index in [0.717, 1.165) is 16.0 Å². The van der Waals surface area contributed by atoms with Crippen LogP contribution in [0.3, 0.4) is 0 Å². The van der Waals surface area contributed by atoms with E-state index in [0.29, 0.717) is 13.2 Å². The fourth-order valence-corrected chi connectivity index (χ4v) is 5.92.